The Kier molecular flexibility index (Phi) is 2.60. The van der Waals surface area contributed by atoms with E-state index < -0.39 is 0 Å². The molecule has 3 heteroatoms. The molecule has 1 fully saturated rings. The summed E-state index contributed by atoms with van der Waals surface area (Å²) in [5.74, 6) is 0. The van der Waals surface area contributed by atoms with Crippen LogP contribution in [0.1, 0.15) is 23.6 Å². The average molecular weight is 231 g/mol. The molecule has 1 aromatic rings. The van der Waals surface area contributed by atoms with E-state index in [2.05, 4.69) is 42.1 Å². The Morgan fingerprint density at radius 2 is 2.06 bits per heavy atom. The number of fused-ring (bicyclic) bond motifs is 1. The largest absolute Gasteiger partial charge is 0.374 e. The highest BCUT2D eigenvalue weighted by atomic mass is 15.2. The molecule has 1 saturated heterocycles. The van der Waals surface area contributed by atoms with Gasteiger partial charge in [0.25, 0.3) is 0 Å². The highest BCUT2D eigenvalue weighted by Gasteiger charge is 2.31. The molecule has 0 spiro atoms. The van der Waals surface area contributed by atoms with Gasteiger partial charge in [-0.3, -0.25) is 4.90 Å². The van der Waals surface area contributed by atoms with Gasteiger partial charge in [0.2, 0.25) is 0 Å². The van der Waals surface area contributed by atoms with Crippen molar-refractivity contribution >= 4 is 5.69 Å². The Hall–Kier alpha value is -1.06. The topological polar surface area (TPSA) is 32.5 Å². The summed E-state index contributed by atoms with van der Waals surface area (Å²) < 4.78 is 0. The molecule has 0 amide bonds. The van der Waals surface area contributed by atoms with E-state index in [1.54, 1.807) is 0 Å². The number of nitrogens with zero attached hydrogens (tertiary/aromatic N) is 2. The summed E-state index contributed by atoms with van der Waals surface area (Å²) in [6.07, 6.45) is 2.28. The molecule has 92 valence electrons. The van der Waals surface area contributed by atoms with Gasteiger partial charge >= 0.3 is 0 Å². The van der Waals surface area contributed by atoms with Crippen LogP contribution >= 0.6 is 0 Å². The number of likely N-dealkylation sites (N-methyl/N-ethyl adjacent to an activating group) is 2. The molecular formula is C14H21N3. The lowest BCUT2D eigenvalue weighted by Gasteiger charge is -2.24. The first kappa shape index (κ1) is 11.1. The minimum atomic E-state index is 0.289. The predicted molar refractivity (Wildman–Crippen MR) is 71.4 cm³/mol. The van der Waals surface area contributed by atoms with Gasteiger partial charge in [-0.1, -0.05) is 12.1 Å². The molecule has 2 atom stereocenters. The van der Waals surface area contributed by atoms with E-state index in [0.717, 1.165) is 19.5 Å². The summed E-state index contributed by atoms with van der Waals surface area (Å²) in [6.45, 7) is 2.26. The second-order valence-corrected chi connectivity index (χ2v) is 5.44. The first-order chi connectivity index (χ1) is 8.16. The molecule has 0 saturated carbocycles. The lowest BCUT2D eigenvalue weighted by molar-refractivity contribution is 0.304. The number of rotatable bonds is 1. The molecule has 3 rings (SSSR count). The molecule has 0 aliphatic carbocycles. The normalized spacial score (nSPS) is 28.8. The quantitative estimate of drug-likeness (QED) is 0.792. The van der Waals surface area contributed by atoms with Crippen molar-refractivity contribution < 1.29 is 0 Å². The molecule has 1 aromatic carbocycles. The lowest BCUT2D eigenvalue weighted by Crippen LogP contribution is -2.29. The van der Waals surface area contributed by atoms with Crippen molar-refractivity contribution in [2.24, 2.45) is 5.73 Å². The minimum absolute atomic E-state index is 0.289. The van der Waals surface area contributed by atoms with E-state index in [-0.39, 0.29) is 6.04 Å². The minimum Gasteiger partial charge on any atom is -0.374 e. The van der Waals surface area contributed by atoms with E-state index >= 15 is 0 Å². The van der Waals surface area contributed by atoms with Crippen LogP contribution in [0.25, 0.3) is 0 Å². The second kappa shape index (κ2) is 4.00. The number of hydrogen-bond donors (Lipinski definition) is 1. The van der Waals surface area contributed by atoms with E-state index in [0.29, 0.717) is 6.04 Å². The van der Waals surface area contributed by atoms with Crippen LogP contribution in [0.5, 0.6) is 0 Å². The van der Waals surface area contributed by atoms with Gasteiger partial charge in [0, 0.05) is 37.9 Å². The van der Waals surface area contributed by atoms with Crippen molar-refractivity contribution in [1.82, 2.24) is 4.90 Å². The zero-order chi connectivity index (χ0) is 12.0. The van der Waals surface area contributed by atoms with Gasteiger partial charge in [-0.25, -0.2) is 0 Å². The summed E-state index contributed by atoms with van der Waals surface area (Å²) in [5.41, 5.74) is 10.5. The van der Waals surface area contributed by atoms with Gasteiger partial charge in [-0.05, 0) is 37.1 Å². The number of anilines is 1. The number of hydrogen-bond acceptors (Lipinski definition) is 3. The lowest BCUT2D eigenvalue weighted by atomic mass is 9.98. The molecule has 0 aromatic heterocycles. The fourth-order valence-electron chi connectivity index (χ4n) is 3.25. The third-order valence-electron chi connectivity index (χ3n) is 4.27. The Labute approximate surface area is 103 Å². The van der Waals surface area contributed by atoms with Gasteiger partial charge in [0.15, 0.2) is 0 Å². The van der Waals surface area contributed by atoms with Gasteiger partial charge in [-0.2, -0.15) is 0 Å². The maximum absolute atomic E-state index is 6.22. The van der Waals surface area contributed by atoms with Crippen molar-refractivity contribution in [3.63, 3.8) is 0 Å². The molecule has 2 heterocycles. The van der Waals surface area contributed by atoms with Gasteiger partial charge in [0.05, 0.1) is 0 Å². The molecule has 2 unspecified atom stereocenters. The average Bonchev–Trinajstić information content (AvgIpc) is 2.83. The van der Waals surface area contributed by atoms with Gasteiger partial charge in [-0.15, -0.1) is 0 Å². The number of benzene rings is 1. The van der Waals surface area contributed by atoms with Crippen molar-refractivity contribution in [1.29, 1.82) is 0 Å². The Balaban J connectivity index is 1.94. The van der Waals surface area contributed by atoms with E-state index in [4.69, 9.17) is 5.73 Å². The smallest absolute Gasteiger partial charge is 0.0496 e. The van der Waals surface area contributed by atoms with Crippen LogP contribution < -0.4 is 10.6 Å². The molecular weight excluding hydrogens is 210 g/mol. The first-order valence-electron chi connectivity index (χ1n) is 6.46. The molecule has 17 heavy (non-hydrogen) atoms. The molecule has 2 N–H and O–H groups in total. The Bertz CT molecular complexity index is 419. The fourth-order valence-corrected chi connectivity index (χ4v) is 3.25. The van der Waals surface area contributed by atoms with Crippen LogP contribution in [0.2, 0.25) is 0 Å². The summed E-state index contributed by atoms with van der Waals surface area (Å²) in [6, 6.07) is 7.58. The summed E-state index contributed by atoms with van der Waals surface area (Å²) in [5, 5.41) is 0. The second-order valence-electron chi connectivity index (χ2n) is 5.44. The van der Waals surface area contributed by atoms with Crippen LogP contribution in [0.4, 0.5) is 5.69 Å². The zero-order valence-electron chi connectivity index (χ0n) is 10.7. The zero-order valence-corrected chi connectivity index (χ0v) is 10.7. The van der Waals surface area contributed by atoms with Crippen LogP contribution in [0.15, 0.2) is 18.2 Å². The summed E-state index contributed by atoms with van der Waals surface area (Å²) >= 11 is 0. The highest BCUT2D eigenvalue weighted by molar-refractivity contribution is 5.58. The predicted octanol–water partition coefficient (Wildman–Crippen LogP) is 1.38. The SMILES string of the molecule is CN1CCc2cc(C3C(N)CCN3C)ccc21. The van der Waals surface area contributed by atoms with Crippen molar-refractivity contribution in [2.45, 2.75) is 24.9 Å². The fraction of sp³-hybridized carbons (Fsp3) is 0.571. The number of nitrogens with two attached hydrogens (primary N) is 1. The third kappa shape index (κ3) is 1.74. The van der Waals surface area contributed by atoms with Crippen molar-refractivity contribution in [2.75, 3.05) is 32.1 Å². The van der Waals surface area contributed by atoms with E-state index in [1.165, 1.54) is 23.2 Å². The molecule has 0 bridgehead atoms. The Morgan fingerprint density at radius 3 is 2.76 bits per heavy atom. The number of likely N-dealkylation sites (tertiary alicyclic amines) is 1. The van der Waals surface area contributed by atoms with E-state index in [9.17, 15) is 0 Å². The monoisotopic (exact) mass is 231 g/mol. The maximum Gasteiger partial charge on any atom is 0.0496 e. The Morgan fingerprint density at radius 1 is 1.24 bits per heavy atom. The molecule has 2 aliphatic heterocycles. The van der Waals surface area contributed by atoms with Crippen LogP contribution in [0.3, 0.4) is 0 Å². The van der Waals surface area contributed by atoms with Crippen molar-refractivity contribution in [3.8, 4) is 0 Å². The standard InChI is InChI=1S/C14H21N3/c1-16-7-5-10-9-11(3-4-13(10)16)14-12(15)6-8-17(14)2/h3-4,9,12,14H,5-8,15H2,1-2H3. The summed E-state index contributed by atoms with van der Waals surface area (Å²) in [4.78, 5) is 4.71. The molecule has 0 radical (unpaired) electrons. The summed E-state index contributed by atoms with van der Waals surface area (Å²) in [7, 11) is 4.34. The molecule has 2 aliphatic rings. The molecule has 3 nitrogen and oxygen atoms in total. The van der Waals surface area contributed by atoms with Gasteiger partial charge in [0.1, 0.15) is 0 Å². The van der Waals surface area contributed by atoms with Crippen molar-refractivity contribution in [3.05, 3.63) is 29.3 Å². The van der Waals surface area contributed by atoms with Crippen LogP contribution in [-0.2, 0) is 6.42 Å². The third-order valence-corrected chi connectivity index (χ3v) is 4.27. The highest BCUT2D eigenvalue weighted by Crippen LogP contribution is 2.34. The first-order valence-corrected chi connectivity index (χ1v) is 6.46. The van der Waals surface area contributed by atoms with Crippen LogP contribution in [-0.4, -0.2) is 38.1 Å². The van der Waals surface area contributed by atoms with E-state index in [1.807, 2.05) is 0 Å². The maximum atomic E-state index is 6.22. The van der Waals surface area contributed by atoms with Gasteiger partial charge < -0.3 is 10.6 Å². The van der Waals surface area contributed by atoms with Crippen LogP contribution in [0, 0.1) is 0 Å².